The van der Waals surface area contributed by atoms with Crippen LogP contribution in [-0.4, -0.2) is 36.1 Å². The van der Waals surface area contributed by atoms with Crippen LogP contribution in [-0.2, 0) is 0 Å². The van der Waals surface area contributed by atoms with Crippen LogP contribution in [0.25, 0.3) is 0 Å². The third-order valence-electron chi connectivity index (χ3n) is 4.30. The van der Waals surface area contributed by atoms with Crippen molar-refractivity contribution in [3.05, 3.63) is 0 Å². The van der Waals surface area contributed by atoms with Crippen LogP contribution in [0.5, 0.6) is 0 Å². The quantitative estimate of drug-likeness (QED) is 0.637. The SMILES string of the molecule is CCCC(C)CC(NCC)C(C)(C)N(CC)CC. The van der Waals surface area contributed by atoms with Crippen molar-refractivity contribution < 1.29 is 0 Å². The van der Waals surface area contributed by atoms with Crippen molar-refractivity contribution in [1.82, 2.24) is 10.2 Å². The molecule has 110 valence electrons. The number of nitrogens with one attached hydrogen (secondary N) is 1. The Morgan fingerprint density at radius 1 is 1.06 bits per heavy atom. The Bertz CT molecular complexity index is 197. The smallest absolute Gasteiger partial charge is 0.0306 e. The van der Waals surface area contributed by atoms with Crippen molar-refractivity contribution in [2.75, 3.05) is 19.6 Å². The zero-order valence-electron chi connectivity index (χ0n) is 13.8. The van der Waals surface area contributed by atoms with Gasteiger partial charge in [-0.05, 0) is 45.8 Å². The molecule has 0 heterocycles. The van der Waals surface area contributed by atoms with E-state index in [0.29, 0.717) is 6.04 Å². The van der Waals surface area contributed by atoms with Crippen molar-refractivity contribution >= 4 is 0 Å². The molecule has 2 nitrogen and oxygen atoms in total. The second kappa shape index (κ2) is 8.92. The number of hydrogen-bond donors (Lipinski definition) is 1. The summed E-state index contributed by atoms with van der Waals surface area (Å²) in [5.74, 6) is 0.814. The lowest BCUT2D eigenvalue weighted by Crippen LogP contribution is -2.58. The fourth-order valence-corrected chi connectivity index (χ4v) is 3.14. The average molecular weight is 256 g/mol. The van der Waals surface area contributed by atoms with E-state index in [9.17, 15) is 0 Å². The minimum Gasteiger partial charge on any atom is -0.312 e. The minimum atomic E-state index is 0.238. The second-order valence-electron chi connectivity index (χ2n) is 6.07. The molecule has 1 N–H and O–H groups in total. The fourth-order valence-electron chi connectivity index (χ4n) is 3.14. The lowest BCUT2D eigenvalue weighted by molar-refractivity contribution is 0.0810. The highest BCUT2D eigenvalue weighted by molar-refractivity contribution is 4.93. The molecule has 0 aromatic carbocycles. The van der Waals surface area contributed by atoms with E-state index < -0.39 is 0 Å². The maximum absolute atomic E-state index is 3.72. The molecule has 18 heavy (non-hydrogen) atoms. The van der Waals surface area contributed by atoms with Gasteiger partial charge < -0.3 is 5.32 Å². The predicted molar refractivity (Wildman–Crippen MR) is 83.2 cm³/mol. The zero-order valence-corrected chi connectivity index (χ0v) is 13.8. The van der Waals surface area contributed by atoms with Crippen molar-refractivity contribution in [1.29, 1.82) is 0 Å². The fraction of sp³-hybridized carbons (Fsp3) is 1.00. The molecular formula is C16H36N2. The molecule has 0 saturated heterocycles. The zero-order chi connectivity index (χ0) is 14.2. The molecule has 0 spiro atoms. The summed E-state index contributed by atoms with van der Waals surface area (Å²) >= 11 is 0. The Morgan fingerprint density at radius 3 is 2.00 bits per heavy atom. The molecule has 0 rings (SSSR count). The topological polar surface area (TPSA) is 15.3 Å². The van der Waals surface area contributed by atoms with Gasteiger partial charge in [0, 0.05) is 11.6 Å². The van der Waals surface area contributed by atoms with Gasteiger partial charge in [-0.25, -0.2) is 0 Å². The molecule has 0 fully saturated rings. The van der Waals surface area contributed by atoms with Crippen LogP contribution >= 0.6 is 0 Å². The molecule has 0 aliphatic heterocycles. The first-order chi connectivity index (χ1) is 8.43. The lowest BCUT2D eigenvalue weighted by Gasteiger charge is -2.44. The number of nitrogens with zero attached hydrogens (tertiary/aromatic N) is 1. The minimum absolute atomic E-state index is 0.238. The molecule has 0 saturated carbocycles. The second-order valence-corrected chi connectivity index (χ2v) is 6.07. The molecule has 0 aromatic heterocycles. The normalized spacial score (nSPS) is 16.0. The monoisotopic (exact) mass is 256 g/mol. The molecule has 2 atom stereocenters. The summed E-state index contributed by atoms with van der Waals surface area (Å²) in [6.45, 7) is 19.6. The standard InChI is InChI=1S/C16H36N2/c1-8-12-14(5)13-15(17-9-2)16(6,7)18(10-3)11-4/h14-15,17H,8-13H2,1-7H3. The van der Waals surface area contributed by atoms with Crippen molar-refractivity contribution in [2.24, 2.45) is 5.92 Å². The van der Waals surface area contributed by atoms with Gasteiger partial charge in [0.05, 0.1) is 0 Å². The van der Waals surface area contributed by atoms with E-state index in [2.05, 4.69) is 58.7 Å². The van der Waals surface area contributed by atoms with Gasteiger partial charge in [-0.1, -0.05) is 47.5 Å². The van der Waals surface area contributed by atoms with Crippen LogP contribution in [0.4, 0.5) is 0 Å². The van der Waals surface area contributed by atoms with E-state index >= 15 is 0 Å². The van der Waals surface area contributed by atoms with Gasteiger partial charge in [-0.3, -0.25) is 4.90 Å². The van der Waals surface area contributed by atoms with Gasteiger partial charge in [0.2, 0.25) is 0 Å². The molecule has 0 bridgehead atoms. The molecule has 0 aliphatic rings. The predicted octanol–water partition coefficient (Wildman–Crippen LogP) is 3.91. The average Bonchev–Trinajstić information content (AvgIpc) is 2.30. The Kier molecular flexibility index (Phi) is 8.89. The Labute approximate surface area is 116 Å². The van der Waals surface area contributed by atoms with Crippen LogP contribution in [0.2, 0.25) is 0 Å². The van der Waals surface area contributed by atoms with Gasteiger partial charge >= 0.3 is 0 Å². The van der Waals surface area contributed by atoms with Crippen LogP contribution in [0.3, 0.4) is 0 Å². The van der Waals surface area contributed by atoms with Gasteiger partial charge in [0.15, 0.2) is 0 Å². The maximum Gasteiger partial charge on any atom is 0.0306 e. The summed E-state index contributed by atoms with van der Waals surface area (Å²) in [6, 6.07) is 0.587. The highest BCUT2D eigenvalue weighted by atomic mass is 15.2. The van der Waals surface area contributed by atoms with Crippen molar-refractivity contribution in [3.8, 4) is 0 Å². The van der Waals surface area contributed by atoms with E-state index in [1.165, 1.54) is 19.3 Å². The van der Waals surface area contributed by atoms with E-state index in [-0.39, 0.29) is 5.54 Å². The van der Waals surface area contributed by atoms with E-state index in [1.807, 2.05) is 0 Å². The first-order valence-corrected chi connectivity index (χ1v) is 7.92. The van der Waals surface area contributed by atoms with Crippen LogP contribution in [0.15, 0.2) is 0 Å². The first kappa shape index (κ1) is 17.9. The lowest BCUT2D eigenvalue weighted by atomic mass is 9.84. The van der Waals surface area contributed by atoms with Crippen molar-refractivity contribution in [2.45, 2.75) is 79.3 Å². The Balaban J connectivity index is 4.73. The van der Waals surface area contributed by atoms with Gasteiger partial charge in [0.1, 0.15) is 0 Å². The number of hydrogen-bond acceptors (Lipinski definition) is 2. The Hall–Kier alpha value is -0.0800. The molecule has 0 aromatic rings. The highest BCUT2D eigenvalue weighted by Gasteiger charge is 2.33. The van der Waals surface area contributed by atoms with E-state index in [4.69, 9.17) is 0 Å². The van der Waals surface area contributed by atoms with Gasteiger partial charge in [-0.15, -0.1) is 0 Å². The third-order valence-corrected chi connectivity index (χ3v) is 4.30. The van der Waals surface area contributed by atoms with Crippen LogP contribution < -0.4 is 5.32 Å². The van der Waals surface area contributed by atoms with Crippen LogP contribution in [0, 0.1) is 5.92 Å². The molecule has 0 amide bonds. The van der Waals surface area contributed by atoms with E-state index in [0.717, 1.165) is 25.6 Å². The molecule has 0 radical (unpaired) electrons. The summed E-state index contributed by atoms with van der Waals surface area (Å²) < 4.78 is 0. The first-order valence-electron chi connectivity index (χ1n) is 7.92. The molecule has 2 heteroatoms. The largest absolute Gasteiger partial charge is 0.312 e. The summed E-state index contributed by atoms with van der Waals surface area (Å²) in [5, 5.41) is 3.72. The molecular weight excluding hydrogens is 220 g/mol. The summed E-state index contributed by atoms with van der Waals surface area (Å²) in [4.78, 5) is 2.58. The maximum atomic E-state index is 3.72. The third kappa shape index (κ3) is 5.27. The van der Waals surface area contributed by atoms with Crippen molar-refractivity contribution in [3.63, 3.8) is 0 Å². The highest BCUT2D eigenvalue weighted by Crippen LogP contribution is 2.25. The Morgan fingerprint density at radius 2 is 1.61 bits per heavy atom. The van der Waals surface area contributed by atoms with E-state index in [1.54, 1.807) is 0 Å². The summed E-state index contributed by atoms with van der Waals surface area (Å²) in [7, 11) is 0. The molecule has 2 unspecified atom stereocenters. The number of likely N-dealkylation sites (N-methyl/N-ethyl adjacent to an activating group) is 2. The molecule has 0 aliphatic carbocycles. The summed E-state index contributed by atoms with van der Waals surface area (Å²) in [6.07, 6.45) is 3.92. The van der Waals surface area contributed by atoms with Crippen LogP contribution in [0.1, 0.15) is 67.7 Å². The van der Waals surface area contributed by atoms with Gasteiger partial charge in [-0.2, -0.15) is 0 Å². The van der Waals surface area contributed by atoms with Gasteiger partial charge in [0.25, 0.3) is 0 Å². The summed E-state index contributed by atoms with van der Waals surface area (Å²) in [5.41, 5.74) is 0.238. The number of rotatable bonds is 10.